The highest BCUT2D eigenvalue weighted by Gasteiger charge is 2.09. The van der Waals surface area contributed by atoms with Crippen molar-refractivity contribution >= 4 is 52.6 Å². The molecule has 1 amide bonds. The normalized spacial score (nSPS) is 10.9. The second kappa shape index (κ2) is 9.51. The summed E-state index contributed by atoms with van der Waals surface area (Å²) in [7, 11) is 1.77. The smallest absolute Gasteiger partial charge is 0.230 e. The van der Waals surface area contributed by atoms with Crippen molar-refractivity contribution in [3.05, 3.63) is 74.7 Å². The lowest BCUT2D eigenvalue weighted by Gasteiger charge is -2.06. The van der Waals surface area contributed by atoms with Gasteiger partial charge in [0, 0.05) is 28.8 Å². The first-order valence-electron chi connectivity index (χ1n) is 7.89. The summed E-state index contributed by atoms with van der Waals surface area (Å²) in [6.07, 6.45) is 0.144. The first kappa shape index (κ1) is 21.6. The van der Waals surface area contributed by atoms with E-state index in [-0.39, 0.29) is 30.4 Å². The predicted octanol–water partition coefficient (Wildman–Crippen LogP) is 4.59. The fourth-order valence-electron chi connectivity index (χ4n) is 2.34. The number of aromatic nitrogens is 1. The molecule has 144 valence electrons. The molecule has 28 heavy (non-hydrogen) atoms. The van der Waals surface area contributed by atoms with Crippen LogP contribution in [0.5, 0.6) is 0 Å². The standard InChI is InChI=1S/C19H14ClFN4OS.ClH/c1-25-15(9-18(26)23-14-5-2-12(10-22)3-6-14)11-27-19(25)24-17-7-4-13(20)8-16(17)21;/h2-8,11H,9H2,1H3,(H,23,26);1H/b24-19+;. The monoisotopic (exact) mass is 436 g/mol. The van der Waals surface area contributed by atoms with Crippen LogP contribution in [0.3, 0.4) is 0 Å². The second-order valence-electron chi connectivity index (χ2n) is 5.69. The number of rotatable bonds is 4. The van der Waals surface area contributed by atoms with E-state index in [0.717, 1.165) is 5.69 Å². The van der Waals surface area contributed by atoms with E-state index in [2.05, 4.69) is 10.3 Å². The van der Waals surface area contributed by atoms with Crippen LogP contribution in [0.1, 0.15) is 11.3 Å². The van der Waals surface area contributed by atoms with E-state index in [1.165, 1.54) is 23.5 Å². The van der Waals surface area contributed by atoms with E-state index in [0.29, 0.717) is 21.1 Å². The zero-order chi connectivity index (χ0) is 19.4. The fraction of sp³-hybridized carbons (Fsp3) is 0.105. The molecule has 0 radical (unpaired) electrons. The predicted molar refractivity (Wildman–Crippen MR) is 111 cm³/mol. The molecule has 0 aliphatic heterocycles. The quantitative estimate of drug-likeness (QED) is 0.649. The maximum absolute atomic E-state index is 13.9. The van der Waals surface area contributed by atoms with Crippen molar-refractivity contribution in [3.8, 4) is 6.07 Å². The van der Waals surface area contributed by atoms with Gasteiger partial charge in [-0.1, -0.05) is 11.6 Å². The summed E-state index contributed by atoms with van der Waals surface area (Å²) < 4.78 is 15.7. The lowest BCUT2D eigenvalue weighted by molar-refractivity contribution is -0.115. The molecule has 0 saturated carbocycles. The number of hydrogen-bond acceptors (Lipinski definition) is 4. The molecule has 0 bridgehead atoms. The van der Waals surface area contributed by atoms with Crippen molar-refractivity contribution in [1.82, 2.24) is 4.57 Å². The van der Waals surface area contributed by atoms with Gasteiger partial charge >= 0.3 is 0 Å². The lowest BCUT2D eigenvalue weighted by Crippen LogP contribution is -2.19. The second-order valence-corrected chi connectivity index (χ2v) is 6.96. The summed E-state index contributed by atoms with van der Waals surface area (Å²) in [6.45, 7) is 0. The van der Waals surface area contributed by atoms with E-state index in [1.54, 1.807) is 41.9 Å². The molecule has 0 saturated heterocycles. The molecular formula is C19H15Cl2FN4OS. The average Bonchev–Trinajstić information content (AvgIpc) is 2.98. The minimum Gasteiger partial charge on any atom is -0.326 e. The van der Waals surface area contributed by atoms with Crippen LogP contribution in [0, 0.1) is 17.1 Å². The van der Waals surface area contributed by atoms with Gasteiger partial charge in [0.1, 0.15) is 11.5 Å². The number of thiazole rings is 1. The number of amides is 1. The van der Waals surface area contributed by atoms with Gasteiger partial charge in [0.25, 0.3) is 0 Å². The molecule has 0 unspecified atom stereocenters. The third kappa shape index (κ3) is 5.20. The summed E-state index contributed by atoms with van der Waals surface area (Å²) in [5, 5.41) is 13.7. The van der Waals surface area contributed by atoms with Crippen molar-refractivity contribution in [2.45, 2.75) is 6.42 Å². The summed E-state index contributed by atoms with van der Waals surface area (Å²) in [4.78, 5) is 17.1. The Balaban J connectivity index is 0.00000280. The zero-order valence-corrected chi connectivity index (χ0v) is 17.0. The number of nitrogens with one attached hydrogen (secondary N) is 1. The number of hydrogen-bond donors (Lipinski definition) is 1. The molecule has 0 aliphatic rings. The zero-order valence-electron chi connectivity index (χ0n) is 14.6. The Morgan fingerprint density at radius 1 is 1.32 bits per heavy atom. The Morgan fingerprint density at radius 3 is 2.68 bits per heavy atom. The molecule has 1 aromatic heterocycles. The number of nitriles is 1. The first-order valence-corrected chi connectivity index (χ1v) is 9.15. The van der Waals surface area contributed by atoms with Crippen LogP contribution in [0.15, 0.2) is 52.8 Å². The van der Waals surface area contributed by atoms with Crippen LogP contribution in [-0.2, 0) is 18.3 Å². The van der Waals surface area contributed by atoms with Gasteiger partial charge in [-0.15, -0.1) is 23.7 Å². The topological polar surface area (TPSA) is 70.2 Å². The van der Waals surface area contributed by atoms with Gasteiger partial charge in [0.05, 0.1) is 18.1 Å². The molecule has 3 rings (SSSR count). The summed E-state index contributed by atoms with van der Waals surface area (Å²) in [5.41, 5.74) is 2.08. The Kier molecular flexibility index (Phi) is 7.35. The number of halogens is 3. The third-order valence-corrected chi connectivity index (χ3v) is 4.98. The molecule has 0 spiro atoms. The summed E-state index contributed by atoms with van der Waals surface area (Å²) in [6, 6.07) is 12.9. The van der Waals surface area contributed by atoms with Crippen molar-refractivity contribution < 1.29 is 9.18 Å². The van der Waals surface area contributed by atoms with E-state index < -0.39 is 5.82 Å². The number of carbonyl (C=O) groups excluding carboxylic acids is 1. The van der Waals surface area contributed by atoms with Crippen LogP contribution >= 0.6 is 35.3 Å². The van der Waals surface area contributed by atoms with Gasteiger partial charge in [-0.2, -0.15) is 5.26 Å². The van der Waals surface area contributed by atoms with Crippen LogP contribution in [-0.4, -0.2) is 10.5 Å². The third-order valence-electron chi connectivity index (χ3n) is 3.78. The molecule has 1 heterocycles. The van der Waals surface area contributed by atoms with E-state index in [9.17, 15) is 9.18 Å². The maximum atomic E-state index is 13.9. The van der Waals surface area contributed by atoms with E-state index in [1.807, 2.05) is 11.4 Å². The molecule has 1 N–H and O–H groups in total. The van der Waals surface area contributed by atoms with Gasteiger partial charge < -0.3 is 9.88 Å². The van der Waals surface area contributed by atoms with Crippen molar-refractivity contribution in [3.63, 3.8) is 0 Å². The highest BCUT2D eigenvalue weighted by Crippen LogP contribution is 2.21. The van der Waals surface area contributed by atoms with Gasteiger partial charge in [-0.25, -0.2) is 9.38 Å². The molecular weight excluding hydrogens is 422 g/mol. The SMILES string of the molecule is Cl.Cn1c(CC(=O)Nc2ccc(C#N)cc2)cs/c1=N/c1ccc(Cl)cc1F. The minimum atomic E-state index is -0.504. The minimum absolute atomic E-state index is 0. The van der Waals surface area contributed by atoms with Crippen molar-refractivity contribution in [2.75, 3.05) is 5.32 Å². The highest BCUT2D eigenvalue weighted by atomic mass is 35.5. The first-order chi connectivity index (χ1) is 13.0. The van der Waals surface area contributed by atoms with Gasteiger partial charge in [0.2, 0.25) is 5.91 Å². The van der Waals surface area contributed by atoms with Crippen LogP contribution in [0.4, 0.5) is 15.8 Å². The lowest BCUT2D eigenvalue weighted by atomic mass is 10.2. The number of nitrogens with zero attached hydrogens (tertiary/aromatic N) is 3. The van der Waals surface area contributed by atoms with E-state index >= 15 is 0 Å². The Morgan fingerprint density at radius 2 is 2.04 bits per heavy atom. The van der Waals surface area contributed by atoms with Gasteiger partial charge in [0.15, 0.2) is 4.80 Å². The molecule has 2 aromatic carbocycles. The molecule has 5 nitrogen and oxygen atoms in total. The van der Waals surface area contributed by atoms with Crippen LogP contribution in [0.2, 0.25) is 5.02 Å². The molecule has 3 aromatic rings. The van der Waals surface area contributed by atoms with Gasteiger partial charge in [-0.05, 0) is 42.5 Å². The Hall–Kier alpha value is -2.66. The molecule has 0 atom stereocenters. The average molecular weight is 437 g/mol. The Labute approximate surface area is 176 Å². The fourth-order valence-corrected chi connectivity index (χ4v) is 3.40. The van der Waals surface area contributed by atoms with Crippen LogP contribution < -0.4 is 10.1 Å². The van der Waals surface area contributed by atoms with E-state index in [4.69, 9.17) is 16.9 Å². The molecule has 9 heteroatoms. The number of carbonyl (C=O) groups is 1. The summed E-state index contributed by atoms with van der Waals surface area (Å²) >= 11 is 7.07. The van der Waals surface area contributed by atoms with Crippen LogP contribution in [0.25, 0.3) is 0 Å². The maximum Gasteiger partial charge on any atom is 0.230 e. The highest BCUT2D eigenvalue weighted by molar-refractivity contribution is 7.07. The number of benzene rings is 2. The van der Waals surface area contributed by atoms with Crippen molar-refractivity contribution in [2.24, 2.45) is 12.0 Å². The van der Waals surface area contributed by atoms with Crippen molar-refractivity contribution in [1.29, 1.82) is 5.26 Å². The number of anilines is 1. The molecule has 0 aliphatic carbocycles. The Bertz CT molecular complexity index is 1100. The van der Waals surface area contributed by atoms with Gasteiger partial charge in [-0.3, -0.25) is 4.79 Å². The summed E-state index contributed by atoms with van der Waals surface area (Å²) in [5.74, 6) is -0.701. The molecule has 0 fully saturated rings. The largest absolute Gasteiger partial charge is 0.326 e.